The van der Waals surface area contributed by atoms with Crippen molar-refractivity contribution < 1.29 is 0 Å². The number of benzene rings is 2. The molecule has 3 heteroatoms. The molecule has 0 spiro atoms. The van der Waals surface area contributed by atoms with Crippen molar-refractivity contribution in [3.8, 4) is 0 Å². The number of fused-ring (bicyclic) bond motifs is 2. The number of rotatable bonds is 2. The SMILES string of the molecule is C=C1Nc2ccccc2C1Nc1cc2ccccc2[nH]1. The first kappa shape index (κ1) is 11.2. The van der Waals surface area contributed by atoms with Crippen LogP contribution >= 0.6 is 0 Å². The van der Waals surface area contributed by atoms with E-state index >= 15 is 0 Å². The van der Waals surface area contributed by atoms with Crippen LogP contribution in [0, 0.1) is 0 Å². The minimum atomic E-state index is 0.0965. The van der Waals surface area contributed by atoms with Gasteiger partial charge in [0.2, 0.25) is 0 Å². The lowest BCUT2D eigenvalue weighted by atomic mass is 10.1. The van der Waals surface area contributed by atoms with E-state index in [9.17, 15) is 0 Å². The second kappa shape index (κ2) is 4.17. The summed E-state index contributed by atoms with van der Waals surface area (Å²) >= 11 is 0. The summed E-state index contributed by atoms with van der Waals surface area (Å²) in [4.78, 5) is 3.39. The monoisotopic (exact) mass is 261 g/mol. The van der Waals surface area contributed by atoms with Gasteiger partial charge in [-0.15, -0.1) is 0 Å². The van der Waals surface area contributed by atoms with Crippen LogP contribution in [0.3, 0.4) is 0 Å². The van der Waals surface area contributed by atoms with E-state index in [0.717, 1.165) is 22.7 Å². The molecule has 3 aromatic rings. The summed E-state index contributed by atoms with van der Waals surface area (Å²) in [6.07, 6.45) is 0. The summed E-state index contributed by atoms with van der Waals surface area (Å²) in [7, 11) is 0. The van der Waals surface area contributed by atoms with Crippen molar-refractivity contribution in [3.05, 3.63) is 72.4 Å². The number of hydrogen-bond donors (Lipinski definition) is 3. The first-order valence-electron chi connectivity index (χ1n) is 6.70. The number of anilines is 2. The van der Waals surface area contributed by atoms with Crippen LogP contribution < -0.4 is 10.6 Å². The highest BCUT2D eigenvalue weighted by Crippen LogP contribution is 2.37. The first-order chi connectivity index (χ1) is 9.81. The summed E-state index contributed by atoms with van der Waals surface area (Å²) in [5, 5.41) is 8.06. The van der Waals surface area contributed by atoms with Crippen LogP contribution in [-0.2, 0) is 0 Å². The Morgan fingerprint density at radius 1 is 1.00 bits per heavy atom. The fourth-order valence-corrected chi connectivity index (χ4v) is 2.77. The zero-order valence-corrected chi connectivity index (χ0v) is 11.0. The number of aromatic nitrogens is 1. The van der Waals surface area contributed by atoms with Gasteiger partial charge in [-0.2, -0.15) is 0 Å². The highest BCUT2D eigenvalue weighted by atomic mass is 15.1. The van der Waals surface area contributed by atoms with Crippen molar-refractivity contribution in [2.24, 2.45) is 0 Å². The lowest BCUT2D eigenvalue weighted by Gasteiger charge is -2.14. The van der Waals surface area contributed by atoms with E-state index < -0.39 is 0 Å². The number of H-pyrrole nitrogens is 1. The Balaban J connectivity index is 1.70. The number of para-hydroxylation sites is 2. The minimum absolute atomic E-state index is 0.0965. The first-order valence-corrected chi connectivity index (χ1v) is 6.70. The molecule has 2 heterocycles. The average molecular weight is 261 g/mol. The van der Waals surface area contributed by atoms with Gasteiger partial charge < -0.3 is 15.6 Å². The molecule has 0 aliphatic carbocycles. The largest absolute Gasteiger partial charge is 0.359 e. The maximum absolute atomic E-state index is 4.11. The van der Waals surface area contributed by atoms with Crippen molar-refractivity contribution in [1.29, 1.82) is 0 Å². The van der Waals surface area contributed by atoms with E-state index in [4.69, 9.17) is 0 Å². The van der Waals surface area contributed by atoms with E-state index in [2.05, 4.69) is 58.6 Å². The van der Waals surface area contributed by atoms with E-state index in [1.165, 1.54) is 10.9 Å². The molecule has 1 aliphatic rings. The topological polar surface area (TPSA) is 39.8 Å². The summed E-state index contributed by atoms with van der Waals surface area (Å²) in [6, 6.07) is 18.8. The molecular formula is C17H15N3. The Kier molecular flexibility index (Phi) is 2.33. The number of hydrogen-bond acceptors (Lipinski definition) is 2. The molecule has 0 bridgehead atoms. The van der Waals surface area contributed by atoms with Crippen LogP contribution in [-0.4, -0.2) is 4.98 Å². The van der Waals surface area contributed by atoms with Gasteiger partial charge in [0.1, 0.15) is 5.82 Å². The zero-order valence-electron chi connectivity index (χ0n) is 11.0. The molecule has 0 saturated heterocycles. The van der Waals surface area contributed by atoms with Gasteiger partial charge in [-0.1, -0.05) is 43.0 Å². The molecule has 20 heavy (non-hydrogen) atoms. The molecule has 4 rings (SSSR count). The number of nitrogens with one attached hydrogen (secondary N) is 3. The van der Waals surface area contributed by atoms with Crippen LogP contribution in [0.1, 0.15) is 11.6 Å². The van der Waals surface area contributed by atoms with Crippen molar-refractivity contribution in [2.75, 3.05) is 10.6 Å². The van der Waals surface area contributed by atoms with Gasteiger partial charge in [-0.05, 0) is 18.2 Å². The molecule has 2 aromatic carbocycles. The molecule has 0 amide bonds. The van der Waals surface area contributed by atoms with Gasteiger partial charge in [0.25, 0.3) is 0 Å². The van der Waals surface area contributed by atoms with Crippen molar-refractivity contribution in [3.63, 3.8) is 0 Å². The third-order valence-corrected chi connectivity index (χ3v) is 3.75. The van der Waals surface area contributed by atoms with Crippen molar-refractivity contribution in [1.82, 2.24) is 4.98 Å². The Labute approximate surface area is 117 Å². The van der Waals surface area contributed by atoms with Gasteiger partial charge in [-0.3, -0.25) is 0 Å². The summed E-state index contributed by atoms with van der Waals surface area (Å²) < 4.78 is 0. The third kappa shape index (κ3) is 1.67. The molecule has 1 aromatic heterocycles. The van der Waals surface area contributed by atoms with Crippen LogP contribution in [0.15, 0.2) is 66.9 Å². The highest BCUT2D eigenvalue weighted by molar-refractivity contribution is 5.84. The second-order valence-corrected chi connectivity index (χ2v) is 5.09. The minimum Gasteiger partial charge on any atom is -0.359 e. The Hall–Kier alpha value is -2.68. The lowest BCUT2D eigenvalue weighted by molar-refractivity contribution is 0.960. The smallest absolute Gasteiger partial charge is 0.105 e. The highest BCUT2D eigenvalue weighted by Gasteiger charge is 2.25. The predicted molar refractivity (Wildman–Crippen MR) is 83.9 cm³/mol. The maximum Gasteiger partial charge on any atom is 0.105 e. The van der Waals surface area contributed by atoms with Crippen LogP contribution in [0.25, 0.3) is 10.9 Å². The average Bonchev–Trinajstić information content (AvgIpc) is 3.00. The van der Waals surface area contributed by atoms with Gasteiger partial charge >= 0.3 is 0 Å². The molecule has 1 aliphatic heterocycles. The van der Waals surface area contributed by atoms with Gasteiger partial charge in [0, 0.05) is 27.9 Å². The second-order valence-electron chi connectivity index (χ2n) is 5.09. The van der Waals surface area contributed by atoms with Crippen LogP contribution in [0.4, 0.5) is 11.5 Å². The quantitative estimate of drug-likeness (QED) is 0.645. The Morgan fingerprint density at radius 2 is 1.80 bits per heavy atom. The predicted octanol–water partition coefficient (Wildman–Crippen LogP) is 4.26. The zero-order chi connectivity index (χ0) is 13.5. The third-order valence-electron chi connectivity index (χ3n) is 3.75. The van der Waals surface area contributed by atoms with Crippen molar-refractivity contribution in [2.45, 2.75) is 6.04 Å². The Morgan fingerprint density at radius 3 is 2.70 bits per heavy atom. The fraction of sp³-hybridized carbons (Fsp3) is 0.0588. The van der Waals surface area contributed by atoms with E-state index in [1.54, 1.807) is 0 Å². The Bertz CT molecular complexity index is 768. The molecule has 3 nitrogen and oxygen atoms in total. The molecule has 0 saturated carbocycles. The maximum atomic E-state index is 4.11. The van der Waals surface area contributed by atoms with Gasteiger partial charge in [0.15, 0.2) is 0 Å². The summed E-state index contributed by atoms with van der Waals surface area (Å²) in [5.74, 6) is 1.01. The molecule has 0 radical (unpaired) electrons. The van der Waals surface area contributed by atoms with Gasteiger partial charge in [-0.25, -0.2) is 0 Å². The normalized spacial score (nSPS) is 17.0. The molecule has 1 unspecified atom stereocenters. The number of aromatic amines is 1. The molecule has 0 fully saturated rings. The van der Waals surface area contributed by atoms with E-state index in [0.29, 0.717) is 0 Å². The lowest BCUT2D eigenvalue weighted by Crippen LogP contribution is -2.10. The summed E-state index contributed by atoms with van der Waals surface area (Å²) in [5.41, 5.74) is 4.48. The van der Waals surface area contributed by atoms with Crippen LogP contribution in [0.2, 0.25) is 0 Å². The van der Waals surface area contributed by atoms with Crippen molar-refractivity contribution >= 4 is 22.4 Å². The standard InChI is InChI=1S/C17H15N3/c1-11-17(13-7-3-5-9-15(13)18-11)20-16-10-12-6-2-4-8-14(12)19-16/h2-10,17-20H,1H2. The van der Waals surface area contributed by atoms with E-state index in [-0.39, 0.29) is 6.04 Å². The van der Waals surface area contributed by atoms with E-state index in [1.807, 2.05) is 18.2 Å². The molecular weight excluding hydrogens is 246 g/mol. The van der Waals surface area contributed by atoms with Gasteiger partial charge in [0.05, 0.1) is 6.04 Å². The molecule has 98 valence electrons. The summed E-state index contributed by atoms with van der Waals surface area (Å²) in [6.45, 7) is 4.11. The molecule has 1 atom stereocenters. The molecule has 3 N–H and O–H groups in total. The van der Waals surface area contributed by atoms with Crippen LogP contribution in [0.5, 0.6) is 0 Å². The fourth-order valence-electron chi connectivity index (χ4n) is 2.77.